The van der Waals surface area contributed by atoms with Gasteiger partial charge in [-0.15, -0.1) is 0 Å². The van der Waals surface area contributed by atoms with Gasteiger partial charge in [0.15, 0.2) is 0 Å². The molecule has 4 aromatic rings. The standard InChI is InChI=1S/C20H17N3/c1-2-4-15-14(3-1)19-16-9-12-22-17(16)5-6-18(19)23-20(15)13-7-10-21-11-8-13/h5-12,23H,1-4H2. The number of nitrogens with one attached hydrogen (secondary N) is 1. The van der Waals surface area contributed by atoms with Crippen molar-refractivity contribution in [3.8, 4) is 11.3 Å². The Morgan fingerprint density at radius 2 is 1.65 bits per heavy atom. The van der Waals surface area contributed by atoms with E-state index in [1.54, 1.807) is 0 Å². The molecule has 3 heterocycles. The largest absolute Gasteiger partial charge is 0.354 e. The SMILES string of the molecule is c1cc(-c2[nH]c3ccc4nccc4c3c3c2CCCC3)ccn1. The third-order valence-electron chi connectivity index (χ3n) is 4.98. The number of pyridine rings is 2. The molecule has 0 radical (unpaired) electrons. The molecule has 0 unspecified atom stereocenters. The second kappa shape index (κ2) is 4.92. The first-order valence-electron chi connectivity index (χ1n) is 8.23. The van der Waals surface area contributed by atoms with Crippen LogP contribution >= 0.6 is 0 Å². The van der Waals surface area contributed by atoms with Crippen LogP contribution < -0.4 is 0 Å². The summed E-state index contributed by atoms with van der Waals surface area (Å²) in [4.78, 5) is 12.3. The van der Waals surface area contributed by atoms with Crippen molar-refractivity contribution in [1.29, 1.82) is 0 Å². The number of rotatable bonds is 1. The van der Waals surface area contributed by atoms with E-state index in [0.29, 0.717) is 0 Å². The minimum Gasteiger partial charge on any atom is -0.354 e. The number of aryl methyl sites for hydroxylation is 1. The van der Waals surface area contributed by atoms with Crippen LogP contribution in [0.25, 0.3) is 33.1 Å². The van der Waals surface area contributed by atoms with Gasteiger partial charge in [-0.05, 0) is 67.1 Å². The van der Waals surface area contributed by atoms with Crippen LogP contribution in [0.4, 0.5) is 0 Å². The van der Waals surface area contributed by atoms with Crippen LogP contribution in [0.5, 0.6) is 0 Å². The fraction of sp³-hybridized carbons (Fsp3) is 0.200. The number of aromatic nitrogens is 3. The summed E-state index contributed by atoms with van der Waals surface area (Å²) in [6.45, 7) is 0. The van der Waals surface area contributed by atoms with Crippen molar-refractivity contribution in [3.63, 3.8) is 0 Å². The molecule has 1 aliphatic rings. The van der Waals surface area contributed by atoms with E-state index in [2.05, 4.69) is 45.3 Å². The van der Waals surface area contributed by atoms with Gasteiger partial charge in [-0.1, -0.05) is 0 Å². The quantitative estimate of drug-likeness (QED) is 0.555. The topological polar surface area (TPSA) is 41.6 Å². The average Bonchev–Trinajstić information content (AvgIpc) is 3.10. The maximum Gasteiger partial charge on any atom is 0.0710 e. The van der Waals surface area contributed by atoms with Gasteiger partial charge < -0.3 is 4.98 Å². The van der Waals surface area contributed by atoms with E-state index in [1.165, 1.54) is 51.5 Å². The third-order valence-corrected chi connectivity index (χ3v) is 4.98. The summed E-state index contributed by atoms with van der Waals surface area (Å²) in [5.41, 5.74) is 7.77. The van der Waals surface area contributed by atoms with Crippen LogP contribution in [0.2, 0.25) is 0 Å². The van der Waals surface area contributed by atoms with Crippen LogP contribution in [0.3, 0.4) is 0 Å². The van der Waals surface area contributed by atoms with Gasteiger partial charge in [0.05, 0.1) is 5.52 Å². The van der Waals surface area contributed by atoms with Gasteiger partial charge in [0.2, 0.25) is 0 Å². The van der Waals surface area contributed by atoms with Gasteiger partial charge in [-0.25, -0.2) is 0 Å². The molecule has 3 aromatic heterocycles. The number of fused-ring (bicyclic) bond motifs is 5. The zero-order valence-corrected chi connectivity index (χ0v) is 12.8. The fourth-order valence-electron chi connectivity index (χ4n) is 3.94. The van der Waals surface area contributed by atoms with E-state index in [-0.39, 0.29) is 0 Å². The maximum atomic E-state index is 4.48. The van der Waals surface area contributed by atoms with Crippen molar-refractivity contribution in [3.05, 3.63) is 60.0 Å². The molecule has 0 saturated heterocycles. The summed E-state index contributed by atoms with van der Waals surface area (Å²) in [5, 5.41) is 2.64. The van der Waals surface area contributed by atoms with Crippen molar-refractivity contribution >= 4 is 21.8 Å². The Morgan fingerprint density at radius 1 is 0.826 bits per heavy atom. The highest BCUT2D eigenvalue weighted by Gasteiger charge is 2.19. The van der Waals surface area contributed by atoms with Crippen molar-refractivity contribution in [2.45, 2.75) is 25.7 Å². The Kier molecular flexibility index (Phi) is 2.74. The lowest BCUT2D eigenvalue weighted by Gasteiger charge is -2.22. The highest BCUT2D eigenvalue weighted by Crippen LogP contribution is 2.37. The van der Waals surface area contributed by atoms with Crippen LogP contribution in [0.15, 0.2) is 48.9 Å². The summed E-state index contributed by atoms with van der Waals surface area (Å²) in [7, 11) is 0. The number of hydrogen-bond donors (Lipinski definition) is 1. The van der Waals surface area contributed by atoms with Crippen LogP contribution in [0.1, 0.15) is 24.0 Å². The van der Waals surface area contributed by atoms with Gasteiger partial charge in [0, 0.05) is 46.1 Å². The molecule has 3 nitrogen and oxygen atoms in total. The molecule has 1 aromatic carbocycles. The predicted molar refractivity (Wildman–Crippen MR) is 93.5 cm³/mol. The second-order valence-corrected chi connectivity index (χ2v) is 6.27. The molecule has 3 heteroatoms. The lowest BCUT2D eigenvalue weighted by Crippen LogP contribution is -2.07. The third kappa shape index (κ3) is 1.89. The summed E-state index contributed by atoms with van der Waals surface area (Å²) < 4.78 is 0. The minimum absolute atomic E-state index is 1.09. The number of hydrogen-bond acceptors (Lipinski definition) is 2. The van der Waals surface area contributed by atoms with E-state index < -0.39 is 0 Å². The molecular formula is C20H17N3. The molecule has 0 atom stereocenters. The molecule has 1 N–H and O–H groups in total. The monoisotopic (exact) mass is 299 g/mol. The minimum atomic E-state index is 1.09. The average molecular weight is 299 g/mol. The second-order valence-electron chi connectivity index (χ2n) is 6.27. The molecule has 0 spiro atoms. The molecule has 0 bridgehead atoms. The van der Waals surface area contributed by atoms with Crippen LogP contribution in [0, 0.1) is 0 Å². The zero-order chi connectivity index (χ0) is 15.2. The lowest BCUT2D eigenvalue weighted by molar-refractivity contribution is 0.689. The molecule has 5 rings (SSSR count). The molecule has 1 aliphatic carbocycles. The van der Waals surface area contributed by atoms with Crippen LogP contribution in [-0.4, -0.2) is 15.0 Å². The Hall–Kier alpha value is -2.68. The molecule has 112 valence electrons. The normalized spacial score (nSPS) is 14.3. The zero-order valence-electron chi connectivity index (χ0n) is 12.8. The van der Waals surface area contributed by atoms with Crippen LogP contribution in [-0.2, 0) is 12.8 Å². The number of H-pyrrole nitrogens is 1. The Balaban J connectivity index is 1.92. The first-order chi connectivity index (χ1) is 11.4. The number of benzene rings is 1. The first kappa shape index (κ1) is 12.8. The van der Waals surface area contributed by atoms with Gasteiger partial charge >= 0.3 is 0 Å². The Morgan fingerprint density at radius 3 is 2.52 bits per heavy atom. The number of aromatic amines is 1. The first-order valence-corrected chi connectivity index (χ1v) is 8.23. The van der Waals surface area contributed by atoms with E-state index in [4.69, 9.17) is 0 Å². The fourth-order valence-corrected chi connectivity index (χ4v) is 3.94. The molecule has 23 heavy (non-hydrogen) atoms. The molecule has 0 saturated carbocycles. The van der Waals surface area contributed by atoms with E-state index in [1.807, 2.05) is 18.6 Å². The van der Waals surface area contributed by atoms with E-state index in [9.17, 15) is 0 Å². The van der Waals surface area contributed by atoms with E-state index in [0.717, 1.165) is 18.4 Å². The molecule has 0 fully saturated rings. The highest BCUT2D eigenvalue weighted by atomic mass is 14.7. The Bertz CT molecular complexity index is 1020. The van der Waals surface area contributed by atoms with Crippen molar-refractivity contribution in [2.24, 2.45) is 0 Å². The summed E-state index contributed by atoms with van der Waals surface area (Å²) in [6, 6.07) is 10.6. The number of nitrogens with zero attached hydrogens (tertiary/aromatic N) is 2. The predicted octanol–water partition coefficient (Wildman–Crippen LogP) is 4.66. The molecule has 0 amide bonds. The van der Waals surface area contributed by atoms with Crippen molar-refractivity contribution < 1.29 is 0 Å². The smallest absolute Gasteiger partial charge is 0.0710 e. The summed E-state index contributed by atoms with van der Waals surface area (Å²) in [6.07, 6.45) is 10.5. The molecule has 0 aliphatic heterocycles. The van der Waals surface area contributed by atoms with Gasteiger partial charge in [-0.3, -0.25) is 9.97 Å². The van der Waals surface area contributed by atoms with Crippen molar-refractivity contribution in [2.75, 3.05) is 0 Å². The van der Waals surface area contributed by atoms with Gasteiger partial charge in [0.25, 0.3) is 0 Å². The summed E-state index contributed by atoms with van der Waals surface area (Å²) >= 11 is 0. The van der Waals surface area contributed by atoms with Crippen molar-refractivity contribution in [1.82, 2.24) is 15.0 Å². The van der Waals surface area contributed by atoms with Gasteiger partial charge in [0.1, 0.15) is 0 Å². The summed E-state index contributed by atoms with van der Waals surface area (Å²) in [5.74, 6) is 0. The Labute approximate surface area is 134 Å². The van der Waals surface area contributed by atoms with E-state index >= 15 is 0 Å². The lowest BCUT2D eigenvalue weighted by atomic mass is 9.85. The molecular weight excluding hydrogens is 282 g/mol. The van der Waals surface area contributed by atoms with Gasteiger partial charge in [-0.2, -0.15) is 0 Å². The maximum absolute atomic E-state index is 4.48. The highest BCUT2D eigenvalue weighted by molar-refractivity contribution is 6.08.